The summed E-state index contributed by atoms with van der Waals surface area (Å²) < 4.78 is 30.8. The number of benzene rings is 11. The molecular formula is C68H36N4O4. The van der Waals surface area contributed by atoms with Crippen molar-refractivity contribution in [3.8, 4) is 39.7 Å². The van der Waals surface area contributed by atoms with Gasteiger partial charge in [0.05, 0.1) is 49.8 Å². The zero-order chi connectivity index (χ0) is 49.9. The highest BCUT2D eigenvalue weighted by molar-refractivity contribution is 6.26. The summed E-state index contributed by atoms with van der Waals surface area (Å²) in [6.07, 6.45) is 1.35. The second-order valence-corrected chi connectivity index (χ2v) is 19.8. The Morgan fingerprint density at radius 1 is 0.342 bits per heavy atom. The van der Waals surface area contributed by atoms with Gasteiger partial charge >= 0.3 is 0 Å². The zero-order valence-corrected chi connectivity index (χ0v) is 40.2. The second-order valence-electron chi connectivity index (χ2n) is 19.8. The first-order valence-corrected chi connectivity index (χ1v) is 25.3. The van der Waals surface area contributed by atoms with E-state index in [1.807, 2.05) is 78.9 Å². The van der Waals surface area contributed by atoms with E-state index < -0.39 is 0 Å². The summed E-state index contributed by atoms with van der Waals surface area (Å²) in [5.74, 6) is 0. The van der Waals surface area contributed by atoms with Gasteiger partial charge in [-0.25, -0.2) is 0 Å². The molecule has 11 aromatic carbocycles. The van der Waals surface area contributed by atoms with E-state index in [9.17, 15) is 5.26 Å². The predicted molar refractivity (Wildman–Crippen MR) is 308 cm³/mol. The van der Waals surface area contributed by atoms with Crippen molar-refractivity contribution >= 4 is 138 Å². The van der Waals surface area contributed by atoms with Gasteiger partial charge in [-0.15, -0.1) is 0 Å². The number of hydrogen-bond donors (Lipinski definition) is 1. The smallest absolute Gasteiger partial charge is 0.145 e. The fourth-order valence-corrected chi connectivity index (χ4v) is 12.4. The van der Waals surface area contributed by atoms with Crippen LogP contribution in [0.5, 0.6) is 0 Å². The quantitative estimate of drug-likeness (QED) is 0.173. The number of hydrogen-bond acceptors (Lipinski definition) is 6. The van der Waals surface area contributed by atoms with Crippen LogP contribution in [0.4, 0.5) is 0 Å². The van der Waals surface area contributed by atoms with Crippen LogP contribution in [-0.2, 0) is 0 Å². The van der Waals surface area contributed by atoms with Crippen molar-refractivity contribution < 1.29 is 17.7 Å². The van der Waals surface area contributed by atoms with Gasteiger partial charge in [0.15, 0.2) is 0 Å². The number of furan rings is 4. The monoisotopic (exact) mass is 972 g/mol. The minimum absolute atomic E-state index is 0.425. The molecule has 0 bridgehead atoms. The summed E-state index contributed by atoms with van der Waals surface area (Å²) in [7, 11) is 0. The van der Waals surface area contributed by atoms with E-state index in [4.69, 9.17) is 23.1 Å². The Morgan fingerprint density at radius 2 is 0.724 bits per heavy atom. The Labute approximate surface area is 430 Å². The Bertz CT molecular complexity index is 5470. The third-order valence-corrected chi connectivity index (χ3v) is 15.9. The van der Waals surface area contributed by atoms with Crippen molar-refractivity contribution in [1.82, 2.24) is 9.13 Å². The van der Waals surface area contributed by atoms with Crippen LogP contribution < -0.4 is 0 Å². The van der Waals surface area contributed by atoms with Crippen LogP contribution in [0.3, 0.4) is 0 Å². The summed E-state index contributed by atoms with van der Waals surface area (Å²) in [5.41, 5.74) is 16.6. The molecule has 0 unspecified atom stereocenters. The molecule has 0 saturated heterocycles. The van der Waals surface area contributed by atoms with Crippen molar-refractivity contribution in [2.45, 2.75) is 0 Å². The number of aromatic nitrogens is 2. The van der Waals surface area contributed by atoms with E-state index in [0.29, 0.717) is 16.8 Å². The third-order valence-electron chi connectivity index (χ3n) is 15.9. The van der Waals surface area contributed by atoms with Crippen LogP contribution in [0, 0.1) is 16.7 Å². The van der Waals surface area contributed by atoms with Gasteiger partial charge in [0.2, 0.25) is 0 Å². The minimum Gasteiger partial charge on any atom is -0.456 e. The van der Waals surface area contributed by atoms with E-state index >= 15 is 0 Å². The fourth-order valence-electron chi connectivity index (χ4n) is 12.4. The van der Waals surface area contributed by atoms with Gasteiger partial charge in [0.25, 0.3) is 0 Å². The molecule has 0 aliphatic heterocycles. The lowest BCUT2D eigenvalue weighted by atomic mass is 10.0. The topological polar surface area (TPSA) is 110 Å². The highest BCUT2D eigenvalue weighted by atomic mass is 16.3. The number of fused-ring (bicyclic) bond motifs is 20. The van der Waals surface area contributed by atoms with E-state index in [1.54, 1.807) is 0 Å². The van der Waals surface area contributed by atoms with Crippen molar-refractivity contribution in [2.75, 3.05) is 0 Å². The number of nitrogens with zero attached hydrogens (tertiary/aromatic N) is 3. The summed E-state index contributed by atoms with van der Waals surface area (Å²) in [4.78, 5) is 0. The normalized spacial score (nSPS) is 12.2. The van der Waals surface area contributed by atoms with Crippen molar-refractivity contribution in [3.05, 3.63) is 217 Å². The molecule has 0 aliphatic carbocycles. The summed E-state index contributed by atoms with van der Waals surface area (Å²) in [6.45, 7) is 0. The Balaban J connectivity index is 0.929. The molecule has 0 aliphatic rings. The highest BCUT2D eigenvalue weighted by Crippen LogP contribution is 2.46. The molecule has 0 amide bonds. The van der Waals surface area contributed by atoms with Gasteiger partial charge in [0.1, 0.15) is 50.7 Å². The maximum Gasteiger partial charge on any atom is 0.145 e. The van der Waals surface area contributed by atoms with Gasteiger partial charge in [-0.1, -0.05) is 97.1 Å². The summed E-state index contributed by atoms with van der Waals surface area (Å²) in [5, 5.41) is 32.4. The van der Waals surface area contributed by atoms with Crippen LogP contribution in [0.1, 0.15) is 11.1 Å². The number of nitriles is 1. The number of nitrogens with one attached hydrogen (secondary N) is 1. The first kappa shape index (κ1) is 40.9. The third kappa shape index (κ3) is 5.52. The first-order valence-electron chi connectivity index (χ1n) is 25.3. The van der Waals surface area contributed by atoms with Crippen LogP contribution in [0.25, 0.3) is 165 Å². The highest BCUT2D eigenvalue weighted by Gasteiger charge is 2.26. The Kier molecular flexibility index (Phi) is 8.07. The molecule has 6 aromatic heterocycles. The maximum atomic E-state index is 11.2. The lowest BCUT2D eigenvalue weighted by molar-refractivity contribution is 0.668. The van der Waals surface area contributed by atoms with Crippen LogP contribution in [0.15, 0.2) is 224 Å². The SMILES string of the molecule is N#Cc1cc(C=N)c(-n2c3ccc(-c4ccc5c(c4)oc4ccccc45)cc3c3c4oc5ccccc5c4ccc32)cc1-n1c2ccc(-c3ccc4c(c3)oc3ccccc34)cc2c2c3oc4ccccc4c3ccc21. The van der Waals surface area contributed by atoms with E-state index in [2.05, 4.69) is 143 Å². The zero-order valence-electron chi connectivity index (χ0n) is 40.2. The maximum absolute atomic E-state index is 11.2. The molecule has 76 heavy (non-hydrogen) atoms. The Morgan fingerprint density at radius 3 is 1.20 bits per heavy atom. The van der Waals surface area contributed by atoms with Crippen LogP contribution in [0.2, 0.25) is 0 Å². The van der Waals surface area contributed by atoms with Crippen molar-refractivity contribution in [3.63, 3.8) is 0 Å². The van der Waals surface area contributed by atoms with Gasteiger partial charge in [-0.05, 0) is 131 Å². The standard InChI is InChI=1S/C68H36N4O4/c69-35-41-29-42(36-70)58(72-54-26-20-38(40-18-22-48-44-10-2-6-14-60(44)74-64(48)33-40)31-52(54)66-56(72)28-24-50-46-12-4-8-16-62(46)76-68(50)66)34-57(41)71-53-25-19-37(39-17-21-47-43-9-1-5-13-59(43)73-63(47)32-39)30-51(53)65-55(71)27-23-49-45-11-3-7-15-61(45)75-67(49)65/h1-35,69H. The van der Waals surface area contributed by atoms with Crippen LogP contribution >= 0.6 is 0 Å². The van der Waals surface area contributed by atoms with Gasteiger partial charge in [-0.3, -0.25) is 0 Å². The number of para-hydroxylation sites is 4. The second kappa shape index (κ2) is 15.0. The van der Waals surface area contributed by atoms with Gasteiger partial charge in [0, 0.05) is 65.6 Å². The van der Waals surface area contributed by atoms with E-state index in [1.165, 1.54) is 6.21 Å². The fraction of sp³-hybridized carbons (Fsp3) is 0. The predicted octanol–water partition coefficient (Wildman–Crippen LogP) is 18.7. The molecule has 8 heteroatoms. The molecule has 17 rings (SSSR count). The lowest BCUT2D eigenvalue weighted by Gasteiger charge is -2.17. The van der Waals surface area contributed by atoms with Crippen LogP contribution in [-0.4, -0.2) is 15.3 Å². The summed E-state index contributed by atoms with van der Waals surface area (Å²) in [6, 6.07) is 73.6. The summed E-state index contributed by atoms with van der Waals surface area (Å²) >= 11 is 0. The van der Waals surface area contributed by atoms with E-state index in [0.717, 1.165) is 159 Å². The largest absolute Gasteiger partial charge is 0.456 e. The molecule has 0 atom stereocenters. The molecule has 0 saturated carbocycles. The molecule has 8 nitrogen and oxygen atoms in total. The van der Waals surface area contributed by atoms with Crippen molar-refractivity contribution in [1.29, 1.82) is 10.7 Å². The van der Waals surface area contributed by atoms with E-state index in [-0.39, 0.29) is 0 Å². The molecular weight excluding hydrogens is 937 g/mol. The van der Waals surface area contributed by atoms with Crippen molar-refractivity contribution in [2.24, 2.45) is 0 Å². The minimum atomic E-state index is 0.425. The average Bonchev–Trinajstić information content (AvgIpc) is 4.42. The molecule has 0 radical (unpaired) electrons. The molecule has 6 heterocycles. The molecule has 352 valence electrons. The lowest BCUT2D eigenvalue weighted by Crippen LogP contribution is -2.05. The first-order chi connectivity index (χ1) is 37.6. The molecule has 0 fully saturated rings. The average molecular weight is 973 g/mol. The Hall–Kier alpha value is -10.6. The van der Waals surface area contributed by atoms with Gasteiger partial charge < -0.3 is 32.2 Å². The molecule has 1 N–H and O–H groups in total. The molecule has 0 spiro atoms. The molecule has 17 aromatic rings. The van der Waals surface area contributed by atoms with Gasteiger partial charge in [-0.2, -0.15) is 5.26 Å². The number of rotatable bonds is 5.